The fourth-order valence-corrected chi connectivity index (χ4v) is 3.99. The minimum absolute atomic E-state index is 0.622. The first-order chi connectivity index (χ1) is 10.3. The van der Waals surface area contributed by atoms with Crippen LogP contribution in [0.15, 0.2) is 24.5 Å². The highest BCUT2D eigenvalue weighted by molar-refractivity contribution is 7.11. The number of aromatic nitrogens is 2. The van der Waals surface area contributed by atoms with E-state index < -0.39 is 0 Å². The number of rotatable bonds is 4. The second kappa shape index (κ2) is 6.43. The standard InChI is InChI=1S/C16H22N4S/c1-20(11-12-5-3-2-4-6-12)16-14(15(17)19-21-16)13-7-9-18-10-8-13/h7-10,12H,2-6,11H2,1H3,(H2,17,19). The fraction of sp³-hybridized carbons (Fsp3) is 0.500. The molecule has 0 spiro atoms. The van der Waals surface area contributed by atoms with Crippen LogP contribution in [0, 0.1) is 5.92 Å². The molecule has 0 aliphatic heterocycles. The second-order valence-corrected chi connectivity index (χ2v) is 6.62. The van der Waals surface area contributed by atoms with Crippen molar-refractivity contribution in [1.82, 2.24) is 9.36 Å². The van der Waals surface area contributed by atoms with Gasteiger partial charge in [-0.05, 0) is 48.0 Å². The van der Waals surface area contributed by atoms with Crippen molar-refractivity contribution < 1.29 is 0 Å². The summed E-state index contributed by atoms with van der Waals surface area (Å²) < 4.78 is 4.36. The summed E-state index contributed by atoms with van der Waals surface area (Å²) in [6, 6.07) is 4.00. The zero-order chi connectivity index (χ0) is 14.7. The largest absolute Gasteiger partial charge is 0.382 e. The van der Waals surface area contributed by atoms with Gasteiger partial charge in [-0.25, -0.2) is 0 Å². The summed E-state index contributed by atoms with van der Waals surface area (Å²) in [6.07, 6.45) is 10.5. The molecule has 2 N–H and O–H groups in total. The Balaban J connectivity index is 1.82. The lowest BCUT2D eigenvalue weighted by atomic mass is 9.89. The molecule has 2 aromatic heterocycles. The Bertz CT molecular complexity index is 575. The van der Waals surface area contributed by atoms with Crippen molar-refractivity contribution in [3.63, 3.8) is 0 Å². The zero-order valence-corrected chi connectivity index (χ0v) is 13.3. The van der Waals surface area contributed by atoms with Crippen molar-refractivity contribution in [2.75, 3.05) is 24.2 Å². The van der Waals surface area contributed by atoms with Crippen molar-refractivity contribution in [2.45, 2.75) is 32.1 Å². The van der Waals surface area contributed by atoms with Crippen LogP contribution < -0.4 is 10.6 Å². The van der Waals surface area contributed by atoms with E-state index in [1.807, 2.05) is 12.1 Å². The Hall–Kier alpha value is -1.62. The molecule has 0 atom stereocenters. The van der Waals surface area contributed by atoms with Crippen LogP contribution in [0.1, 0.15) is 32.1 Å². The number of nitrogens with zero attached hydrogens (tertiary/aromatic N) is 3. The Labute approximate surface area is 130 Å². The van der Waals surface area contributed by atoms with Crippen LogP contribution in [-0.2, 0) is 0 Å². The van der Waals surface area contributed by atoms with Gasteiger partial charge in [-0.15, -0.1) is 0 Å². The first-order valence-electron chi connectivity index (χ1n) is 7.62. The molecule has 1 aliphatic rings. The maximum absolute atomic E-state index is 6.10. The summed E-state index contributed by atoms with van der Waals surface area (Å²) in [5, 5.41) is 1.17. The van der Waals surface area contributed by atoms with E-state index >= 15 is 0 Å². The third-order valence-electron chi connectivity index (χ3n) is 4.27. The fourth-order valence-electron chi connectivity index (χ4n) is 3.18. The molecule has 5 heteroatoms. The average molecular weight is 302 g/mol. The molecule has 112 valence electrons. The van der Waals surface area contributed by atoms with Crippen molar-refractivity contribution in [2.24, 2.45) is 5.92 Å². The maximum atomic E-state index is 6.10. The van der Waals surface area contributed by atoms with E-state index in [9.17, 15) is 0 Å². The van der Waals surface area contributed by atoms with Gasteiger partial charge in [0.25, 0.3) is 0 Å². The second-order valence-electron chi connectivity index (χ2n) is 5.87. The van der Waals surface area contributed by atoms with E-state index in [1.165, 1.54) is 48.6 Å². The average Bonchev–Trinajstić information content (AvgIpc) is 2.91. The maximum Gasteiger partial charge on any atom is 0.147 e. The summed E-state index contributed by atoms with van der Waals surface area (Å²) in [4.78, 5) is 6.41. The predicted octanol–water partition coefficient (Wildman–Crippen LogP) is 3.80. The number of anilines is 2. The van der Waals surface area contributed by atoms with Gasteiger partial charge in [-0.1, -0.05) is 19.3 Å². The van der Waals surface area contributed by atoms with Crippen LogP contribution >= 0.6 is 11.5 Å². The number of nitrogens with two attached hydrogens (primary N) is 1. The first kappa shape index (κ1) is 14.3. The van der Waals surface area contributed by atoms with Crippen molar-refractivity contribution in [3.05, 3.63) is 24.5 Å². The molecular formula is C16H22N4S. The molecule has 21 heavy (non-hydrogen) atoms. The molecule has 0 amide bonds. The van der Waals surface area contributed by atoms with Crippen LogP contribution in [0.25, 0.3) is 11.1 Å². The molecular weight excluding hydrogens is 280 g/mol. The Kier molecular flexibility index (Phi) is 4.39. The number of hydrogen-bond acceptors (Lipinski definition) is 5. The molecule has 4 nitrogen and oxygen atoms in total. The molecule has 3 rings (SSSR count). The molecule has 0 radical (unpaired) electrons. The third-order valence-corrected chi connectivity index (χ3v) is 5.25. The molecule has 1 aliphatic carbocycles. The van der Waals surface area contributed by atoms with Crippen LogP contribution in [0.2, 0.25) is 0 Å². The van der Waals surface area contributed by atoms with Gasteiger partial charge in [0, 0.05) is 26.0 Å². The summed E-state index contributed by atoms with van der Waals surface area (Å²) in [5.41, 5.74) is 8.25. The zero-order valence-electron chi connectivity index (χ0n) is 12.5. The third kappa shape index (κ3) is 3.18. The molecule has 0 unspecified atom stereocenters. The van der Waals surface area contributed by atoms with E-state index in [0.29, 0.717) is 5.82 Å². The summed E-state index contributed by atoms with van der Waals surface area (Å²) in [7, 11) is 2.16. The van der Waals surface area contributed by atoms with Gasteiger partial charge in [-0.3, -0.25) is 4.98 Å². The number of pyridine rings is 1. The smallest absolute Gasteiger partial charge is 0.147 e. The minimum atomic E-state index is 0.622. The van der Waals surface area contributed by atoms with E-state index in [4.69, 9.17) is 5.73 Å². The minimum Gasteiger partial charge on any atom is -0.382 e. The lowest BCUT2D eigenvalue weighted by molar-refractivity contribution is 0.362. The van der Waals surface area contributed by atoms with Crippen molar-refractivity contribution in [1.29, 1.82) is 0 Å². The molecule has 0 aromatic carbocycles. The lowest BCUT2D eigenvalue weighted by Gasteiger charge is -2.27. The quantitative estimate of drug-likeness (QED) is 0.933. The van der Waals surface area contributed by atoms with Crippen LogP contribution in [0.4, 0.5) is 10.8 Å². The first-order valence-corrected chi connectivity index (χ1v) is 8.39. The van der Waals surface area contributed by atoms with Crippen LogP contribution in [0.3, 0.4) is 0 Å². The summed E-state index contributed by atoms with van der Waals surface area (Å²) >= 11 is 1.50. The molecule has 0 bridgehead atoms. The molecule has 2 heterocycles. The van der Waals surface area contributed by atoms with Gasteiger partial charge < -0.3 is 10.6 Å². The van der Waals surface area contributed by atoms with Crippen LogP contribution in [-0.4, -0.2) is 22.9 Å². The highest BCUT2D eigenvalue weighted by atomic mass is 32.1. The van der Waals surface area contributed by atoms with E-state index in [-0.39, 0.29) is 0 Å². The normalized spacial score (nSPS) is 16.0. The summed E-state index contributed by atoms with van der Waals surface area (Å²) in [5.74, 6) is 1.43. The SMILES string of the molecule is CN(CC1CCCCC1)c1snc(N)c1-c1ccncc1. The molecule has 1 saturated carbocycles. The Morgan fingerprint density at radius 3 is 2.67 bits per heavy atom. The van der Waals surface area contributed by atoms with E-state index in [2.05, 4.69) is 21.3 Å². The van der Waals surface area contributed by atoms with Gasteiger partial charge in [0.1, 0.15) is 10.8 Å². The highest BCUT2D eigenvalue weighted by Gasteiger charge is 2.21. The van der Waals surface area contributed by atoms with E-state index in [0.717, 1.165) is 23.6 Å². The van der Waals surface area contributed by atoms with Gasteiger partial charge in [0.2, 0.25) is 0 Å². The van der Waals surface area contributed by atoms with Crippen molar-refractivity contribution in [3.8, 4) is 11.1 Å². The predicted molar refractivity (Wildman–Crippen MR) is 89.6 cm³/mol. The van der Waals surface area contributed by atoms with E-state index in [1.54, 1.807) is 12.4 Å². The monoisotopic (exact) mass is 302 g/mol. The highest BCUT2D eigenvalue weighted by Crippen LogP contribution is 2.39. The van der Waals surface area contributed by atoms with Crippen molar-refractivity contribution >= 4 is 22.4 Å². The van der Waals surface area contributed by atoms with Gasteiger partial charge in [0.05, 0.1) is 5.56 Å². The summed E-state index contributed by atoms with van der Waals surface area (Å²) in [6.45, 7) is 1.10. The van der Waals surface area contributed by atoms with Gasteiger partial charge in [0.15, 0.2) is 0 Å². The number of hydrogen-bond donors (Lipinski definition) is 1. The number of nitrogen functional groups attached to an aromatic ring is 1. The Morgan fingerprint density at radius 1 is 1.24 bits per heavy atom. The molecule has 0 saturated heterocycles. The lowest BCUT2D eigenvalue weighted by Crippen LogP contribution is -2.26. The topological polar surface area (TPSA) is 55.0 Å². The van der Waals surface area contributed by atoms with Gasteiger partial charge in [-0.2, -0.15) is 4.37 Å². The van der Waals surface area contributed by atoms with Crippen LogP contribution in [0.5, 0.6) is 0 Å². The van der Waals surface area contributed by atoms with Gasteiger partial charge >= 0.3 is 0 Å². The molecule has 1 fully saturated rings. The molecule has 2 aromatic rings. The Morgan fingerprint density at radius 2 is 1.95 bits per heavy atom.